The molecule has 2 N–H and O–H groups in total. The molecular weight excluding hydrogens is 264 g/mol. The van der Waals surface area contributed by atoms with Gasteiger partial charge in [0.15, 0.2) is 0 Å². The molecule has 0 aliphatic rings. The molecule has 0 aromatic heterocycles. The summed E-state index contributed by atoms with van der Waals surface area (Å²) < 4.78 is 0. The second kappa shape index (κ2) is 8.15. The zero-order valence-electron chi connectivity index (χ0n) is 11.4. The molecule has 0 fully saturated rings. The SMILES string of the molecule is CCCN(CC(=O)NC)CC(O)c1ccc(Cl)cc1. The molecule has 1 rings (SSSR count). The van der Waals surface area contributed by atoms with Crippen LogP contribution in [0.25, 0.3) is 0 Å². The second-order valence-electron chi connectivity index (χ2n) is 4.48. The van der Waals surface area contributed by atoms with Gasteiger partial charge in [-0.1, -0.05) is 30.7 Å². The smallest absolute Gasteiger partial charge is 0.233 e. The summed E-state index contributed by atoms with van der Waals surface area (Å²) in [5.74, 6) is -0.0447. The number of nitrogens with one attached hydrogen (secondary N) is 1. The highest BCUT2D eigenvalue weighted by atomic mass is 35.5. The van der Waals surface area contributed by atoms with Crippen LogP contribution in [-0.2, 0) is 4.79 Å². The summed E-state index contributed by atoms with van der Waals surface area (Å²) >= 11 is 5.81. The Hall–Kier alpha value is -1.10. The molecule has 1 atom stereocenters. The van der Waals surface area contributed by atoms with Crippen LogP contribution in [0.4, 0.5) is 0 Å². The Labute approximate surface area is 119 Å². The summed E-state index contributed by atoms with van der Waals surface area (Å²) in [4.78, 5) is 13.4. The Morgan fingerprint density at radius 1 is 1.42 bits per heavy atom. The van der Waals surface area contributed by atoms with E-state index in [9.17, 15) is 9.90 Å². The van der Waals surface area contributed by atoms with Gasteiger partial charge in [-0.3, -0.25) is 9.69 Å². The quantitative estimate of drug-likeness (QED) is 0.803. The van der Waals surface area contributed by atoms with Gasteiger partial charge in [0, 0.05) is 18.6 Å². The van der Waals surface area contributed by atoms with Crippen molar-refractivity contribution in [1.29, 1.82) is 0 Å². The predicted molar refractivity (Wildman–Crippen MR) is 77.2 cm³/mol. The molecule has 4 nitrogen and oxygen atoms in total. The van der Waals surface area contributed by atoms with Crippen LogP contribution in [0.15, 0.2) is 24.3 Å². The van der Waals surface area contributed by atoms with Crippen molar-refractivity contribution in [2.75, 3.05) is 26.7 Å². The summed E-state index contributed by atoms with van der Waals surface area (Å²) in [6, 6.07) is 7.11. The fourth-order valence-electron chi connectivity index (χ4n) is 1.87. The standard InChI is InChI=1S/C14H21ClN2O2/c1-3-8-17(10-14(19)16-2)9-13(18)11-4-6-12(15)7-5-11/h4-7,13,18H,3,8-10H2,1-2H3,(H,16,19). The van der Waals surface area contributed by atoms with E-state index in [-0.39, 0.29) is 5.91 Å². The molecule has 1 aromatic rings. The van der Waals surface area contributed by atoms with Gasteiger partial charge < -0.3 is 10.4 Å². The van der Waals surface area contributed by atoms with Crippen LogP contribution in [-0.4, -0.2) is 42.6 Å². The van der Waals surface area contributed by atoms with Crippen LogP contribution >= 0.6 is 11.6 Å². The van der Waals surface area contributed by atoms with Crippen LogP contribution in [0.5, 0.6) is 0 Å². The third-order valence-electron chi connectivity index (χ3n) is 2.87. The number of halogens is 1. The lowest BCUT2D eigenvalue weighted by atomic mass is 10.1. The first-order chi connectivity index (χ1) is 9.06. The Bertz CT molecular complexity index is 395. The number of hydrogen-bond donors (Lipinski definition) is 2. The highest BCUT2D eigenvalue weighted by Gasteiger charge is 2.15. The van der Waals surface area contributed by atoms with Crippen molar-refractivity contribution >= 4 is 17.5 Å². The fraction of sp³-hybridized carbons (Fsp3) is 0.500. The summed E-state index contributed by atoms with van der Waals surface area (Å²) in [7, 11) is 1.61. The van der Waals surface area contributed by atoms with Gasteiger partial charge in [0.05, 0.1) is 12.6 Å². The van der Waals surface area contributed by atoms with Gasteiger partial charge in [-0.15, -0.1) is 0 Å². The van der Waals surface area contributed by atoms with Crippen molar-refractivity contribution in [1.82, 2.24) is 10.2 Å². The molecule has 0 radical (unpaired) electrons. The zero-order valence-corrected chi connectivity index (χ0v) is 12.2. The molecule has 19 heavy (non-hydrogen) atoms. The Morgan fingerprint density at radius 2 is 2.05 bits per heavy atom. The van der Waals surface area contributed by atoms with E-state index < -0.39 is 6.10 Å². The third kappa shape index (κ3) is 5.59. The number of aliphatic hydroxyl groups is 1. The number of aliphatic hydroxyl groups excluding tert-OH is 1. The lowest BCUT2D eigenvalue weighted by Gasteiger charge is -2.24. The van der Waals surface area contributed by atoms with Crippen molar-refractivity contribution in [2.24, 2.45) is 0 Å². The van der Waals surface area contributed by atoms with E-state index in [0.29, 0.717) is 18.1 Å². The lowest BCUT2D eigenvalue weighted by molar-refractivity contribution is -0.122. The number of amides is 1. The van der Waals surface area contributed by atoms with E-state index in [4.69, 9.17) is 11.6 Å². The first-order valence-electron chi connectivity index (χ1n) is 6.43. The number of carbonyl (C=O) groups excluding carboxylic acids is 1. The summed E-state index contributed by atoms with van der Waals surface area (Å²) in [5, 5.41) is 13.4. The van der Waals surface area contributed by atoms with Crippen LogP contribution in [0.1, 0.15) is 25.0 Å². The second-order valence-corrected chi connectivity index (χ2v) is 4.91. The van der Waals surface area contributed by atoms with Gasteiger partial charge in [-0.25, -0.2) is 0 Å². The Kier molecular flexibility index (Phi) is 6.84. The number of carbonyl (C=O) groups is 1. The third-order valence-corrected chi connectivity index (χ3v) is 3.12. The van der Waals surface area contributed by atoms with Gasteiger partial charge >= 0.3 is 0 Å². The van der Waals surface area contributed by atoms with E-state index in [0.717, 1.165) is 18.5 Å². The zero-order chi connectivity index (χ0) is 14.3. The summed E-state index contributed by atoms with van der Waals surface area (Å²) in [6.45, 7) is 3.56. The van der Waals surface area contributed by atoms with Crippen LogP contribution in [0.2, 0.25) is 5.02 Å². The molecular formula is C14H21ClN2O2. The van der Waals surface area contributed by atoms with Gasteiger partial charge in [-0.2, -0.15) is 0 Å². The molecule has 0 spiro atoms. The maximum absolute atomic E-state index is 11.4. The minimum atomic E-state index is -0.617. The fourth-order valence-corrected chi connectivity index (χ4v) is 1.99. The largest absolute Gasteiger partial charge is 0.387 e. The average Bonchev–Trinajstić information content (AvgIpc) is 2.39. The van der Waals surface area contributed by atoms with E-state index in [2.05, 4.69) is 5.32 Å². The van der Waals surface area contributed by atoms with E-state index in [1.807, 2.05) is 11.8 Å². The topological polar surface area (TPSA) is 52.6 Å². The number of rotatable bonds is 7. The highest BCUT2D eigenvalue weighted by molar-refractivity contribution is 6.30. The van der Waals surface area contributed by atoms with Gasteiger partial charge in [0.25, 0.3) is 0 Å². The van der Waals surface area contributed by atoms with Crippen molar-refractivity contribution in [2.45, 2.75) is 19.4 Å². The molecule has 1 aromatic carbocycles. The average molecular weight is 285 g/mol. The normalized spacial score (nSPS) is 12.5. The maximum atomic E-state index is 11.4. The monoisotopic (exact) mass is 284 g/mol. The number of benzene rings is 1. The van der Waals surface area contributed by atoms with Crippen molar-refractivity contribution in [3.63, 3.8) is 0 Å². The molecule has 1 amide bonds. The van der Waals surface area contributed by atoms with Crippen molar-refractivity contribution < 1.29 is 9.90 Å². The molecule has 0 saturated carbocycles. The van der Waals surface area contributed by atoms with Crippen LogP contribution in [0, 0.1) is 0 Å². The van der Waals surface area contributed by atoms with Crippen LogP contribution in [0.3, 0.4) is 0 Å². The van der Waals surface area contributed by atoms with E-state index in [1.54, 1.807) is 31.3 Å². The molecule has 0 aliphatic carbocycles. The predicted octanol–water partition coefficient (Wildman–Crippen LogP) is 1.83. The first-order valence-corrected chi connectivity index (χ1v) is 6.81. The first kappa shape index (κ1) is 16.0. The van der Waals surface area contributed by atoms with E-state index >= 15 is 0 Å². The van der Waals surface area contributed by atoms with Gasteiger partial charge in [0.2, 0.25) is 5.91 Å². The minimum Gasteiger partial charge on any atom is -0.387 e. The molecule has 1 unspecified atom stereocenters. The van der Waals surface area contributed by atoms with Gasteiger partial charge in [0.1, 0.15) is 0 Å². The Balaban J connectivity index is 2.62. The molecule has 0 bridgehead atoms. The van der Waals surface area contributed by atoms with E-state index in [1.165, 1.54) is 0 Å². The highest BCUT2D eigenvalue weighted by Crippen LogP contribution is 2.17. The molecule has 0 saturated heterocycles. The van der Waals surface area contributed by atoms with Gasteiger partial charge in [-0.05, 0) is 30.7 Å². The van der Waals surface area contributed by atoms with Crippen molar-refractivity contribution in [3.8, 4) is 0 Å². The summed E-state index contributed by atoms with van der Waals surface area (Å²) in [6.07, 6.45) is 0.318. The Morgan fingerprint density at radius 3 is 2.58 bits per heavy atom. The van der Waals surface area contributed by atoms with Crippen molar-refractivity contribution in [3.05, 3.63) is 34.9 Å². The number of nitrogens with zero attached hydrogens (tertiary/aromatic N) is 1. The molecule has 0 aliphatic heterocycles. The molecule has 5 heteroatoms. The lowest BCUT2D eigenvalue weighted by Crippen LogP contribution is -2.38. The number of hydrogen-bond acceptors (Lipinski definition) is 3. The maximum Gasteiger partial charge on any atom is 0.233 e. The summed E-state index contributed by atoms with van der Waals surface area (Å²) in [5.41, 5.74) is 0.808. The molecule has 106 valence electrons. The number of likely N-dealkylation sites (N-methyl/N-ethyl adjacent to an activating group) is 1. The molecule has 0 heterocycles. The minimum absolute atomic E-state index is 0.0447. The van der Waals surface area contributed by atoms with Crippen LogP contribution < -0.4 is 5.32 Å².